The van der Waals surface area contributed by atoms with Crippen molar-refractivity contribution in [3.05, 3.63) is 35.5 Å². The molecule has 2 rings (SSSR count). The van der Waals surface area contributed by atoms with Gasteiger partial charge < -0.3 is 15.5 Å². The summed E-state index contributed by atoms with van der Waals surface area (Å²) in [7, 11) is 0. The van der Waals surface area contributed by atoms with Gasteiger partial charge >= 0.3 is 0 Å². The fraction of sp³-hybridized carbons (Fsp3) is 0.333. The van der Waals surface area contributed by atoms with Crippen LogP contribution in [0.2, 0.25) is 0 Å². The molecule has 2 aromatic rings. The molecular formula is C12H16N4O. The Labute approximate surface area is 100 Å². The van der Waals surface area contributed by atoms with Gasteiger partial charge in [-0.2, -0.15) is 0 Å². The van der Waals surface area contributed by atoms with Crippen LogP contribution in [0.25, 0.3) is 0 Å². The molecule has 0 fully saturated rings. The number of nitrogen functional groups attached to an aromatic ring is 1. The zero-order valence-corrected chi connectivity index (χ0v) is 10.2. The standard InChI is InChI=1S/C12H16N4O/c1-7-4-11(9(3)17-7)8(2)16-12-14-5-10(13)6-15-12/h4-6,8H,13H2,1-3H3,(H,14,15,16). The predicted octanol–water partition coefficient (Wildman–Crippen LogP) is 2.44. The quantitative estimate of drug-likeness (QED) is 0.849. The number of aromatic nitrogens is 2. The van der Waals surface area contributed by atoms with Crippen molar-refractivity contribution in [3.63, 3.8) is 0 Å². The van der Waals surface area contributed by atoms with E-state index in [1.807, 2.05) is 26.8 Å². The number of nitrogens with two attached hydrogens (primary N) is 1. The smallest absolute Gasteiger partial charge is 0.223 e. The number of furan rings is 1. The molecule has 1 atom stereocenters. The predicted molar refractivity (Wildman–Crippen MR) is 66.7 cm³/mol. The molecular weight excluding hydrogens is 216 g/mol. The molecule has 3 N–H and O–H groups in total. The van der Waals surface area contributed by atoms with Gasteiger partial charge in [-0.05, 0) is 26.8 Å². The monoisotopic (exact) mass is 232 g/mol. The van der Waals surface area contributed by atoms with Crippen LogP contribution in [0.3, 0.4) is 0 Å². The van der Waals surface area contributed by atoms with Gasteiger partial charge in [0.05, 0.1) is 24.1 Å². The average Bonchev–Trinajstić information content (AvgIpc) is 2.61. The third kappa shape index (κ3) is 2.55. The minimum Gasteiger partial charge on any atom is -0.466 e. The SMILES string of the molecule is Cc1cc(C(C)Nc2ncc(N)cn2)c(C)o1. The summed E-state index contributed by atoms with van der Waals surface area (Å²) in [6.45, 7) is 5.92. The first-order chi connectivity index (χ1) is 8.06. The molecule has 0 saturated carbocycles. The first-order valence-corrected chi connectivity index (χ1v) is 5.47. The summed E-state index contributed by atoms with van der Waals surface area (Å²) < 4.78 is 5.49. The van der Waals surface area contributed by atoms with E-state index in [0.29, 0.717) is 11.6 Å². The Morgan fingerprint density at radius 2 is 1.94 bits per heavy atom. The Morgan fingerprint density at radius 1 is 1.29 bits per heavy atom. The van der Waals surface area contributed by atoms with E-state index in [9.17, 15) is 0 Å². The van der Waals surface area contributed by atoms with E-state index in [1.165, 1.54) is 0 Å². The summed E-state index contributed by atoms with van der Waals surface area (Å²) >= 11 is 0. The van der Waals surface area contributed by atoms with E-state index in [-0.39, 0.29) is 6.04 Å². The van der Waals surface area contributed by atoms with E-state index >= 15 is 0 Å². The molecule has 0 saturated heterocycles. The van der Waals surface area contributed by atoms with E-state index in [4.69, 9.17) is 10.2 Å². The maximum atomic E-state index is 5.53. The zero-order chi connectivity index (χ0) is 12.4. The van der Waals surface area contributed by atoms with Gasteiger partial charge in [-0.25, -0.2) is 9.97 Å². The number of rotatable bonds is 3. The van der Waals surface area contributed by atoms with Crippen LogP contribution in [0.5, 0.6) is 0 Å². The Morgan fingerprint density at radius 3 is 2.47 bits per heavy atom. The van der Waals surface area contributed by atoms with Crippen LogP contribution in [0.15, 0.2) is 22.9 Å². The van der Waals surface area contributed by atoms with Crippen LogP contribution in [-0.4, -0.2) is 9.97 Å². The van der Waals surface area contributed by atoms with Gasteiger partial charge in [-0.15, -0.1) is 0 Å². The fourth-order valence-corrected chi connectivity index (χ4v) is 1.76. The largest absolute Gasteiger partial charge is 0.466 e. The van der Waals surface area contributed by atoms with E-state index < -0.39 is 0 Å². The molecule has 1 unspecified atom stereocenters. The lowest BCUT2D eigenvalue weighted by atomic mass is 10.1. The summed E-state index contributed by atoms with van der Waals surface area (Å²) in [5.41, 5.74) is 7.20. The molecule has 0 spiro atoms. The lowest BCUT2D eigenvalue weighted by molar-refractivity contribution is 0.499. The van der Waals surface area contributed by atoms with E-state index in [1.54, 1.807) is 12.4 Å². The van der Waals surface area contributed by atoms with Crippen molar-refractivity contribution < 1.29 is 4.42 Å². The highest BCUT2D eigenvalue weighted by atomic mass is 16.3. The molecule has 0 aliphatic carbocycles. The molecule has 90 valence electrons. The van der Waals surface area contributed by atoms with Crippen molar-refractivity contribution in [2.24, 2.45) is 0 Å². The molecule has 0 bridgehead atoms. The molecule has 0 aliphatic rings. The summed E-state index contributed by atoms with van der Waals surface area (Å²) in [5, 5.41) is 3.20. The number of nitrogens with one attached hydrogen (secondary N) is 1. The van der Waals surface area contributed by atoms with Crippen LogP contribution >= 0.6 is 0 Å². The third-order valence-corrected chi connectivity index (χ3v) is 2.56. The zero-order valence-electron chi connectivity index (χ0n) is 10.2. The first kappa shape index (κ1) is 11.4. The van der Waals surface area contributed by atoms with Crippen molar-refractivity contribution in [1.29, 1.82) is 0 Å². The van der Waals surface area contributed by atoms with Gasteiger partial charge in [-0.3, -0.25) is 0 Å². The number of nitrogens with zero attached hydrogens (tertiary/aromatic N) is 2. The van der Waals surface area contributed by atoms with Gasteiger partial charge in [0.1, 0.15) is 11.5 Å². The van der Waals surface area contributed by atoms with Crippen LogP contribution < -0.4 is 11.1 Å². The van der Waals surface area contributed by atoms with Gasteiger partial charge in [0.2, 0.25) is 5.95 Å². The summed E-state index contributed by atoms with van der Waals surface area (Å²) in [6, 6.07) is 2.11. The van der Waals surface area contributed by atoms with Gasteiger partial charge in [-0.1, -0.05) is 0 Å². The van der Waals surface area contributed by atoms with E-state index in [0.717, 1.165) is 17.1 Å². The summed E-state index contributed by atoms with van der Waals surface area (Å²) in [5.74, 6) is 2.38. The summed E-state index contributed by atoms with van der Waals surface area (Å²) in [6.07, 6.45) is 3.16. The number of hydrogen-bond acceptors (Lipinski definition) is 5. The Hall–Kier alpha value is -2.04. The molecule has 5 heteroatoms. The molecule has 0 aliphatic heterocycles. The molecule has 2 heterocycles. The van der Waals surface area contributed by atoms with Gasteiger partial charge in [0.15, 0.2) is 0 Å². The molecule has 0 aromatic carbocycles. The minimum absolute atomic E-state index is 0.0936. The molecule has 0 radical (unpaired) electrons. The molecule has 0 amide bonds. The van der Waals surface area contributed by atoms with Crippen molar-refractivity contribution in [2.75, 3.05) is 11.1 Å². The van der Waals surface area contributed by atoms with Crippen LogP contribution in [-0.2, 0) is 0 Å². The fourth-order valence-electron chi connectivity index (χ4n) is 1.76. The maximum Gasteiger partial charge on any atom is 0.223 e. The topological polar surface area (TPSA) is 77.0 Å². The second-order valence-corrected chi connectivity index (χ2v) is 4.07. The van der Waals surface area contributed by atoms with Gasteiger partial charge in [0, 0.05) is 5.56 Å². The highest BCUT2D eigenvalue weighted by Gasteiger charge is 2.13. The highest BCUT2D eigenvalue weighted by molar-refractivity contribution is 5.38. The van der Waals surface area contributed by atoms with E-state index in [2.05, 4.69) is 15.3 Å². The minimum atomic E-state index is 0.0936. The molecule has 17 heavy (non-hydrogen) atoms. The van der Waals surface area contributed by atoms with Crippen LogP contribution in [0, 0.1) is 13.8 Å². The normalized spacial score (nSPS) is 12.4. The van der Waals surface area contributed by atoms with Gasteiger partial charge in [0.25, 0.3) is 0 Å². The maximum absolute atomic E-state index is 5.53. The molecule has 2 aromatic heterocycles. The Kier molecular flexibility index (Phi) is 2.99. The second kappa shape index (κ2) is 4.45. The third-order valence-electron chi connectivity index (χ3n) is 2.56. The van der Waals surface area contributed by atoms with Crippen molar-refractivity contribution in [2.45, 2.75) is 26.8 Å². The summed E-state index contributed by atoms with van der Waals surface area (Å²) in [4.78, 5) is 8.20. The lowest BCUT2D eigenvalue weighted by Gasteiger charge is -2.12. The van der Waals surface area contributed by atoms with Crippen LogP contribution in [0.4, 0.5) is 11.6 Å². The Bertz CT molecular complexity index is 504. The highest BCUT2D eigenvalue weighted by Crippen LogP contribution is 2.23. The van der Waals surface area contributed by atoms with Crippen LogP contribution in [0.1, 0.15) is 30.0 Å². The van der Waals surface area contributed by atoms with Crippen molar-refractivity contribution in [3.8, 4) is 0 Å². The number of anilines is 2. The number of aryl methyl sites for hydroxylation is 2. The number of hydrogen-bond donors (Lipinski definition) is 2. The first-order valence-electron chi connectivity index (χ1n) is 5.47. The lowest BCUT2D eigenvalue weighted by Crippen LogP contribution is -2.09. The van der Waals surface area contributed by atoms with Crippen molar-refractivity contribution >= 4 is 11.6 Å². The molecule has 5 nitrogen and oxygen atoms in total. The van der Waals surface area contributed by atoms with Crippen molar-refractivity contribution in [1.82, 2.24) is 9.97 Å². The average molecular weight is 232 g/mol. The second-order valence-electron chi connectivity index (χ2n) is 4.07. The Balaban J connectivity index is 2.14.